The number of halogens is 1. The van der Waals surface area contributed by atoms with E-state index in [1.165, 1.54) is 6.92 Å². The highest BCUT2D eigenvalue weighted by Crippen LogP contribution is 2.27. The van der Waals surface area contributed by atoms with Gasteiger partial charge in [0.1, 0.15) is 12.2 Å². The van der Waals surface area contributed by atoms with E-state index in [0.717, 1.165) is 4.43 Å². The molecule has 1 fully saturated rings. The van der Waals surface area contributed by atoms with Gasteiger partial charge in [-0.3, -0.25) is 9.59 Å². The van der Waals surface area contributed by atoms with Gasteiger partial charge in [-0.2, -0.15) is 0 Å². The Bertz CT molecular complexity index is 281. The van der Waals surface area contributed by atoms with Crippen LogP contribution in [0.25, 0.3) is 0 Å². The standard InChI is InChI=1S/C11H17IO5/c1-3-15-11(14)5-8-4-9(16-7(2)13)10(6-12)17-8/h8-10H,3-6H2,1-2H3. The van der Waals surface area contributed by atoms with Crippen LogP contribution in [0.2, 0.25) is 0 Å². The summed E-state index contributed by atoms with van der Waals surface area (Å²) in [6, 6.07) is 0. The second-order valence-electron chi connectivity index (χ2n) is 3.84. The highest BCUT2D eigenvalue weighted by Gasteiger charge is 2.37. The van der Waals surface area contributed by atoms with Crippen LogP contribution in [0, 0.1) is 0 Å². The molecule has 1 saturated heterocycles. The SMILES string of the molecule is CCOC(=O)CC1CC(OC(C)=O)C(CI)O1. The molecule has 0 bridgehead atoms. The maximum atomic E-state index is 11.3. The van der Waals surface area contributed by atoms with Crippen LogP contribution < -0.4 is 0 Å². The molecule has 3 unspecified atom stereocenters. The molecule has 0 spiro atoms. The number of carbonyl (C=O) groups excluding carboxylic acids is 2. The highest BCUT2D eigenvalue weighted by atomic mass is 127. The molecule has 1 rings (SSSR count). The second-order valence-corrected chi connectivity index (χ2v) is 4.72. The Hall–Kier alpha value is -0.370. The molecule has 98 valence electrons. The first-order valence-electron chi connectivity index (χ1n) is 5.61. The molecule has 0 radical (unpaired) electrons. The smallest absolute Gasteiger partial charge is 0.308 e. The fourth-order valence-electron chi connectivity index (χ4n) is 1.81. The Balaban J connectivity index is 2.45. The van der Waals surface area contributed by atoms with E-state index < -0.39 is 0 Å². The van der Waals surface area contributed by atoms with E-state index in [1.807, 2.05) is 0 Å². The van der Waals surface area contributed by atoms with Gasteiger partial charge in [-0.05, 0) is 6.92 Å². The topological polar surface area (TPSA) is 61.8 Å². The summed E-state index contributed by atoms with van der Waals surface area (Å²) in [6.45, 7) is 3.51. The number of carbonyl (C=O) groups is 2. The van der Waals surface area contributed by atoms with Gasteiger partial charge in [0, 0.05) is 17.8 Å². The number of esters is 2. The van der Waals surface area contributed by atoms with Crippen LogP contribution in [0.15, 0.2) is 0 Å². The Kier molecular flexibility index (Phi) is 6.18. The van der Waals surface area contributed by atoms with E-state index in [4.69, 9.17) is 14.2 Å². The van der Waals surface area contributed by atoms with Crippen molar-refractivity contribution in [2.75, 3.05) is 11.0 Å². The molecule has 1 aliphatic heterocycles. The molecule has 0 aromatic rings. The summed E-state index contributed by atoms with van der Waals surface area (Å²) in [6.07, 6.45) is 0.200. The Morgan fingerprint density at radius 3 is 2.71 bits per heavy atom. The van der Waals surface area contributed by atoms with Crippen molar-refractivity contribution in [3.05, 3.63) is 0 Å². The van der Waals surface area contributed by atoms with Crippen molar-refractivity contribution >= 4 is 34.5 Å². The van der Waals surface area contributed by atoms with Gasteiger partial charge in [-0.25, -0.2) is 0 Å². The number of rotatable bonds is 5. The van der Waals surface area contributed by atoms with Gasteiger partial charge < -0.3 is 14.2 Å². The molecule has 0 aromatic carbocycles. The molecule has 6 heteroatoms. The van der Waals surface area contributed by atoms with E-state index in [0.29, 0.717) is 13.0 Å². The average molecular weight is 356 g/mol. The van der Waals surface area contributed by atoms with Crippen LogP contribution in [0.1, 0.15) is 26.7 Å². The van der Waals surface area contributed by atoms with Crippen molar-refractivity contribution in [2.24, 2.45) is 0 Å². The largest absolute Gasteiger partial charge is 0.466 e. The number of alkyl halides is 1. The van der Waals surface area contributed by atoms with Crippen LogP contribution in [0.5, 0.6) is 0 Å². The lowest BCUT2D eigenvalue weighted by Crippen LogP contribution is -2.27. The fraction of sp³-hybridized carbons (Fsp3) is 0.818. The lowest BCUT2D eigenvalue weighted by molar-refractivity contribution is -0.149. The van der Waals surface area contributed by atoms with Crippen LogP contribution in [0.3, 0.4) is 0 Å². The zero-order valence-corrected chi connectivity index (χ0v) is 12.1. The van der Waals surface area contributed by atoms with Gasteiger partial charge in [0.25, 0.3) is 0 Å². The monoisotopic (exact) mass is 356 g/mol. The minimum atomic E-state index is -0.315. The number of hydrogen-bond acceptors (Lipinski definition) is 5. The van der Waals surface area contributed by atoms with Gasteiger partial charge in [-0.15, -0.1) is 0 Å². The van der Waals surface area contributed by atoms with Crippen LogP contribution in [0.4, 0.5) is 0 Å². The Morgan fingerprint density at radius 1 is 1.47 bits per heavy atom. The predicted molar refractivity (Wildman–Crippen MR) is 69.0 cm³/mol. The predicted octanol–water partition coefficient (Wildman–Crippen LogP) is 1.46. The van der Waals surface area contributed by atoms with E-state index >= 15 is 0 Å². The zero-order chi connectivity index (χ0) is 12.8. The molecule has 0 amide bonds. The number of hydrogen-bond donors (Lipinski definition) is 0. The summed E-state index contributed by atoms with van der Waals surface area (Å²) in [5.41, 5.74) is 0. The van der Waals surface area contributed by atoms with Gasteiger partial charge in [0.15, 0.2) is 0 Å². The minimum absolute atomic E-state index is 0.126. The van der Waals surface area contributed by atoms with Crippen molar-refractivity contribution in [1.82, 2.24) is 0 Å². The van der Waals surface area contributed by atoms with Crippen LogP contribution in [-0.2, 0) is 23.8 Å². The summed E-state index contributed by atoms with van der Waals surface area (Å²) >= 11 is 2.18. The van der Waals surface area contributed by atoms with Crippen LogP contribution >= 0.6 is 22.6 Å². The first-order valence-corrected chi connectivity index (χ1v) is 7.13. The number of ether oxygens (including phenoxy) is 3. The molecule has 0 saturated carbocycles. The zero-order valence-electron chi connectivity index (χ0n) is 9.98. The van der Waals surface area contributed by atoms with Crippen molar-refractivity contribution in [3.8, 4) is 0 Å². The van der Waals surface area contributed by atoms with E-state index in [-0.39, 0.29) is 36.7 Å². The summed E-state index contributed by atoms with van der Waals surface area (Å²) in [4.78, 5) is 22.2. The third-order valence-electron chi connectivity index (χ3n) is 2.45. The summed E-state index contributed by atoms with van der Waals surface area (Å²) in [5.74, 6) is -0.585. The van der Waals surface area contributed by atoms with Crippen LogP contribution in [-0.4, -0.2) is 41.3 Å². The molecule has 3 atom stereocenters. The van der Waals surface area contributed by atoms with E-state index in [2.05, 4.69) is 22.6 Å². The molecule has 1 aliphatic rings. The molecule has 0 N–H and O–H groups in total. The maximum absolute atomic E-state index is 11.3. The fourth-order valence-corrected chi connectivity index (χ4v) is 2.59. The molecular weight excluding hydrogens is 339 g/mol. The van der Waals surface area contributed by atoms with Crippen molar-refractivity contribution in [1.29, 1.82) is 0 Å². The van der Waals surface area contributed by atoms with Gasteiger partial charge in [-0.1, -0.05) is 22.6 Å². The first-order chi connectivity index (χ1) is 8.06. The third-order valence-corrected chi connectivity index (χ3v) is 3.31. The van der Waals surface area contributed by atoms with Crippen molar-refractivity contribution in [3.63, 3.8) is 0 Å². The van der Waals surface area contributed by atoms with Gasteiger partial charge >= 0.3 is 11.9 Å². The summed E-state index contributed by atoms with van der Waals surface area (Å²) in [5, 5.41) is 0. The first kappa shape index (κ1) is 14.7. The van der Waals surface area contributed by atoms with Gasteiger partial charge in [0.2, 0.25) is 0 Å². The van der Waals surface area contributed by atoms with Gasteiger partial charge in [0.05, 0.1) is 19.1 Å². The normalized spacial score (nSPS) is 27.8. The molecule has 0 aliphatic carbocycles. The Labute approximate surface area is 114 Å². The molecule has 1 heterocycles. The van der Waals surface area contributed by atoms with E-state index in [9.17, 15) is 9.59 Å². The molecular formula is C11H17IO5. The minimum Gasteiger partial charge on any atom is -0.466 e. The molecule has 17 heavy (non-hydrogen) atoms. The summed E-state index contributed by atoms with van der Waals surface area (Å²) < 4.78 is 16.4. The molecule has 0 aromatic heterocycles. The average Bonchev–Trinajstić information content (AvgIpc) is 2.59. The second kappa shape index (κ2) is 7.15. The lowest BCUT2D eigenvalue weighted by atomic mass is 10.1. The summed E-state index contributed by atoms with van der Waals surface area (Å²) in [7, 11) is 0. The molecule has 5 nitrogen and oxygen atoms in total. The highest BCUT2D eigenvalue weighted by molar-refractivity contribution is 14.1. The van der Waals surface area contributed by atoms with Crippen molar-refractivity contribution < 1.29 is 23.8 Å². The Morgan fingerprint density at radius 2 is 2.18 bits per heavy atom. The maximum Gasteiger partial charge on any atom is 0.308 e. The quantitative estimate of drug-likeness (QED) is 0.424. The third kappa shape index (κ3) is 4.79. The lowest BCUT2D eigenvalue weighted by Gasteiger charge is -2.15. The van der Waals surface area contributed by atoms with Crippen molar-refractivity contribution in [2.45, 2.75) is 45.0 Å². The van der Waals surface area contributed by atoms with E-state index in [1.54, 1.807) is 6.92 Å².